The van der Waals surface area contributed by atoms with Crippen molar-refractivity contribution in [3.63, 3.8) is 0 Å². The normalized spacial score (nSPS) is 10.1. The van der Waals surface area contributed by atoms with Crippen LogP contribution in [0.3, 0.4) is 0 Å². The Labute approximate surface area is 75.4 Å². The molecule has 0 fully saturated rings. The third-order valence-corrected chi connectivity index (χ3v) is 1.95. The zero-order valence-corrected chi connectivity index (χ0v) is 7.70. The van der Waals surface area contributed by atoms with Gasteiger partial charge >= 0.3 is 0 Å². The molecule has 1 aromatic carbocycles. The van der Waals surface area contributed by atoms with Gasteiger partial charge < -0.3 is 4.90 Å². The van der Waals surface area contributed by atoms with Crippen molar-refractivity contribution >= 4 is 18.3 Å². The summed E-state index contributed by atoms with van der Waals surface area (Å²) in [6, 6.07) is 2.48. The fourth-order valence-electron chi connectivity index (χ4n) is 0.810. The van der Waals surface area contributed by atoms with E-state index in [9.17, 15) is 8.78 Å². The molecule has 0 radical (unpaired) electrons. The van der Waals surface area contributed by atoms with E-state index in [4.69, 9.17) is 0 Å². The highest BCUT2D eigenvalue weighted by Gasteiger charge is 2.07. The van der Waals surface area contributed by atoms with Crippen LogP contribution in [0.4, 0.5) is 14.5 Å². The second kappa shape index (κ2) is 3.31. The number of benzene rings is 1. The molecule has 0 amide bonds. The van der Waals surface area contributed by atoms with Gasteiger partial charge in [0.2, 0.25) is 0 Å². The molecule has 0 aliphatic rings. The lowest BCUT2D eigenvalue weighted by molar-refractivity contribution is 0.541. The van der Waals surface area contributed by atoms with Crippen molar-refractivity contribution in [3.8, 4) is 0 Å². The maximum absolute atomic E-state index is 12.9. The lowest BCUT2D eigenvalue weighted by atomic mass is 10.3. The molecule has 0 aliphatic carbocycles. The first-order valence-electron chi connectivity index (χ1n) is 3.37. The smallest absolute Gasteiger partial charge is 0.141 e. The number of halogens is 2. The van der Waals surface area contributed by atoms with Crippen molar-refractivity contribution in [2.24, 2.45) is 0 Å². The van der Waals surface area contributed by atoms with Gasteiger partial charge in [0, 0.05) is 19.8 Å². The second-order valence-corrected chi connectivity index (χ2v) is 3.10. The fraction of sp³-hybridized carbons (Fsp3) is 0.250. The summed E-state index contributed by atoms with van der Waals surface area (Å²) in [5.74, 6) is -1.27. The van der Waals surface area contributed by atoms with Gasteiger partial charge in [-0.1, -0.05) is 0 Å². The summed E-state index contributed by atoms with van der Waals surface area (Å²) >= 11 is 3.66. The first-order valence-corrected chi connectivity index (χ1v) is 3.82. The molecule has 0 unspecified atom stereocenters. The summed E-state index contributed by atoms with van der Waals surface area (Å²) < 4.78 is 25.7. The van der Waals surface area contributed by atoms with Crippen LogP contribution in [0.25, 0.3) is 0 Å². The van der Waals surface area contributed by atoms with Crippen molar-refractivity contribution in [2.75, 3.05) is 19.0 Å². The van der Waals surface area contributed by atoms with Crippen LogP contribution in [-0.2, 0) is 0 Å². The minimum absolute atomic E-state index is 0.236. The Morgan fingerprint density at radius 1 is 1.17 bits per heavy atom. The van der Waals surface area contributed by atoms with E-state index in [1.807, 2.05) is 0 Å². The van der Waals surface area contributed by atoms with Crippen LogP contribution in [-0.4, -0.2) is 14.1 Å². The number of hydrogen-bond donors (Lipinski definition) is 1. The molecule has 0 atom stereocenters. The van der Waals surface area contributed by atoms with Crippen LogP contribution < -0.4 is 4.90 Å². The molecule has 0 aliphatic heterocycles. The Kier molecular flexibility index (Phi) is 2.57. The van der Waals surface area contributed by atoms with Crippen molar-refractivity contribution in [1.29, 1.82) is 0 Å². The largest absolute Gasteiger partial charge is 0.377 e. The molecule has 0 spiro atoms. The number of anilines is 1. The molecule has 66 valence electrons. The van der Waals surface area contributed by atoms with Crippen molar-refractivity contribution < 1.29 is 8.78 Å². The SMILES string of the molecule is CN(C)c1cc(F)c(S)c(F)c1. The number of thiol groups is 1. The molecule has 0 bridgehead atoms. The molecule has 0 saturated heterocycles. The van der Waals surface area contributed by atoms with Gasteiger partial charge in [-0.2, -0.15) is 0 Å². The van der Waals surface area contributed by atoms with Gasteiger partial charge in [-0.3, -0.25) is 0 Å². The molecule has 0 aromatic heterocycles. The first-order chi connectivity index (χ1) is 5.52. The van der Waals surface area contributed by atoms with E-state index in [0.29, 0.717) is 5.69 Å². The Morgan fingerprint density at radius 3 is 1.92 bits per heavy atom. The maximum atomic E-state index is 12.9. The predicted molar refractivity (Wildman–Crippen MR) is 47.9 cm³/mol. The Morgan fingerprint density at radius 2 is 1.58 bits per heavy atom. The third kappa shape index (κ3) is 1.69. The summed E-state index contributed by atoms with van der Waals surface area (Å²) in [7, 11) is 3.43. The minimum atomic E-state index is -0.637. The zero-order chi connectivity index (χ0) is 9.30. The quantitative estimate of drug-likeness (QED) is 0.663. The van der Waals surface area contributed by atoms with Gasteiger partial charge in [0.1, 0.15) is 11.6 Å². The molecule has 4 heteroatoms. The van der Waals surface area contributed by atoms with Crippen molar-refractivity contribution in [1.82, 2.24) is 0 Å². The molecule has 0 heterocycles. The van der Waals surface area contributed by atoms with E-state index in [-0.39, 0.29) is 4.90 Å². The summed E-state index contributed by atoms with van der Waals surface area (Å²) in [4.78, 5) is 1.39. The zero-order valence-electron chi connectivity index (χ0n) is 6.81. The average molecular weight is 189 g/mol. The first kappa shape index (κ1) is 9.32. The van der Waals surface area contributed by atoms with Crippen molar-refractivity contribution in [3.05, 3.63) is 23.8 Å². The molecule has 0 N–H and O–H groups in total. The van der Waals surface area contributed by atoms with Gasteiger partial charge in [0.25, 0.3) is 0 Å². The summed E-state index contributed by atoms with van der Waals surface area (Å²) in [5, 5.41) is 0. The lowest BCUT2D eigenvalue weighted by Gasteiger charge is -2.12. The third-order valence-electron chi connectivity index (χ3n) is 1.52. The monoisotopic (exact) mass is 189 g/mol. The molecule has 1 rings (SSSR count). The molecule has 1 nitrogen and oxygen atoms in total. The van der Waals surface area contributed by atoms with Crippen LogP contribution in [0.15, 0.2) is 17.0 Å². The molecule has 1 aromatic rings. The number of rotatable bonds is 1. The second-order valence-electron chi connectivity index (χ2n) is 2.65. The van der Waals surface area contributed by atoms with Gasteiger partial charge in [0.05, 0.1) is 4.90 Å². The van der Waals surface area contributed by atoms with Crippen LogP contribution in [0, 0.1) is 11.6 Å². The highest BCUT2D eigenvalue weighted by atomic mass is 32.1. The van der Waals surface area contributed by atoms with E-state index in [2.05, 4.69) is 12.6 Å². The van der Waals surface area contributed by atoms with E-state index in [1.54, 1.807) is 19.0 Å². The van der Waals surface area contributed by atoms with Crippen molar-refractivity contribution in [2.45, 2.75) is 4.90 Å². The van der Waals surface area contributed by atoms with Gasteiger partial charge in [-0.05, 0) is 12.1 Å². The summed E-state index contributed by atoms with van der Waals surface area (Å²) in [5.41, 5.74) is 0.489. The predicted octanol–water partition coefficient (Wildman–Crippen LogP) is 2.32. The van der Waals surface area contributed by atoms with Gasteiger partial charge in [0.15, 0.2) is 0 Å². The molecular weight excluding hydrogens is 180 g/mol. The topological polar surface area (TPSA) is 3.24 Å². The van der Waals surface area contributed by atoms with Crippen LogP contribution >= 0.6 is 12.6 Å². The fourth-order valence-corrected chi connectivity index (χ4v) is 0.939. The number of hydrogen-bond acceptors (Lipinski definition) is 2. The minimum Gasteiger partial charge on any atom is -0.377 e. The Bertz CT molecular complexity index is 276. The summed E-state index contributed by atoms with van der Waals surface area (Å²) in [6.07, 6.45) is 0. The van der Waals surface area contributed by atoms with Gasteiger partial charge in [-0.25, -0.2) is 8.78 Å². The van der Waals surface area contributed by atoms with E-state index in [0.717, 1.165) is 0 Å². The summed E-state index contributed by atoms with van der Waals surface area (Å²) in [6.45, 7) is 0. The molecule has 0 saturated carbocycles. The van der Waals surface area contributed by atoms with E-state index in [1.165, 1.54) is 12.1 Å². The highest BCUT2D eigenvalue weighted by molar-refractivity contribution is 7.80. The lowest BCUT2D eigenvalue weighted by Crippen LogP contribution is -2.09. The van der Waals surface area contributed by atoms with Crippen LogP contribution in [0.1, 0.15) is 0 Å². The van der Waals surface area contributed by atoms with Crippen LogP contribution in [0.5, 0.6) is 0 Å². The Balaban J connectivity index is 3.21. The van der Waals surface area contributed by atoms with Gasteiger partial charge in [-0.15, -0.1) is 12.6 Å². The highest BCUT2D eigenvalue weighted by Crippen LogP contribution is 2.22. The average Bonchev–Trinajstić information content (AvgIpc) is 1.99. The molecule has 12 heavy (non-hydrogen) atoms. The van der Waals surface area contributed by atoms with Crippen LogP contribution in [0.2, 0.25) is 0 Å². The number of nitrogens with zero attached hydrogens (tertiary/aromatic N) is 1. The van der Waals surface area contributed by atoms with E-state index < -0.39 is 11.6 Å². The van der Waals surface area contributed by atoms with E-state index >= 15 is 0 Å². The molecular formula is C8H9F2NS. The maximum Gasteiger partial charge on any atom is 0.141 e. The standard InChI is InChI=1S/C8H9F2NS/c1-11(2)5-3-6(9)8(12)7(10)4-5/h3-4,12H,1-2H3. The Hall–Kier alpha value is -0.770.